The zero-order chi connectivity index (χ0) is 36.4. The Bertz CT molecular complexity index is 755. The summed E-state index contributed by atoms with van der Waals surface area (Å²) in [6.07, 6.45) is 22.7. The summed E-state index contributed by atoms with van der Waals surface area (Å²) in [6.45, 7) is 25.9. The van der Waals surface area contributed by atoms with Crippen LogP contribution in [0.3, 0.4) is 0 Å². The first-order valence-electron chi connectivity index (χ1n) is 21.2. The summed E-state index contributed by atoms with van der Waals surface area (Å²) in [5.41, 5.74) is 0. The van der Waals surface area contributed by atoms with Crippen molar-refractivity contribution in [2.45, 2.75) is 199 Å². The molecule has 3 aliphatic carbocycles. The van der Waals surface area contributed by atoms with Crippen LogP contribution in [0.4, 0.5) is 0 Å². The third-order valence-electron chi connectivity index (χ3n) is 11.8. The van der Waals surface area contributed by atoms with Crippen molar-refractivity contribution in [1.29, 1.82) is 0 Å². The smallest absolute Gasteiger partial charge is 0.138 e. The van der Waals surface area contributed by atoms with Crippen LogP contribution in [0.25, 0.3) is 0 Å². The molecule has 0 aromatic carbocycles. The topological polar surface area (TPSA) is 51.2 Å². The molecule has 3 fully saturated rings. The highest BCUT2D eigenvalue weighted by atomic mass is 16.1. The number of ketones is 3. The highest BCUT2D eigenvalue weighted by Crippen LogP contribution is 2.40. The molecule has 3 atom stereocenters. The van der Waals surface area contributed by atoms with E-state index in [4.69, 9.17) is 0 Å². The number of hydrogen-bond acceptors (Lipinski definition) is 3. The van der Waals surface area contributed by atoms with Crippen molar-refractivity contribution in [2.75, 3.05) is 0 Å². The molecule has 1 unspecified atom stereocenters. The molecule has 0 N–H and O–H groups in total. The minimum Gasteiger partial charge on any atom is -0.299 e. The Morgan fingerprint density at radius 2 is 0.583 bits per heavy atom. The van der Waals surface area contributed by atoms with Gasteiger partial charge in [-0.2, -0.15) is 0 Å². The highest BCUT2D eigenvalue weighted by molar-refractivity contribution is 5.84. The molecule has 0 aliphatic heterocycles. The van der Waals surface area contributed by atoms with E-state index in [0.29, 0.717) is 35.1 Å². The van der Waals surface area contributed by atoms with Crippen LogP contribution in [0.1, 0.15) is 199 Å². The SMILES string of the molecule is CC(C)CCCC(C(=O)C(C)C)C1CCC1.CC(C)CCC[C@@H](C(=O)C(C)C)C1CCC1.CC(C)CCC[C@H](C(=O)C(C)C)C1CCC1. The Kier molecular flexibility index (Phi) is 22.7. The third kappa shape index (κ3) is 17.3. The van der Waals surface area contributed by atoms with Gasteiger partial charge in [-0.1, -0.05) is 141 Å². The van der Waals surface area contributed by atoms with Crippen molar-refractivity contribution in [3.8, 4) is 0 Å². The summed E-state index contributed by atoms with van der Waals surface area (Å²) < 4.78 is 0. The first kappa shape index (κ1) is 45.0. The van der Waals surface area contributed by atoms with Gasteiger partial charge in [-0.15, -0.1) is 0 Å². The largest absolute Gasteiger partial charge is 0.299 e. The first-order chi connectivity index (χ1) is 22.6. The molecule has 3 aliphatic rings. The normalized spacial score (nSPS) is 18.9. The van der Waals surface area contributed by atoms with Crippen molar-refractivity contribution in [3.05, 3.63) is 0 Å². The molecule has 3 rings (SSSR count). The number of hydrogen-bond donors (Lipinski definition) is 0. The van der Waals surface area contributed by atoms with Crippen molar-refractivity contribution >= 4 is 17.3 Å². The molecule has 0 aromatic rings. The Morgan fingerprint density at radius 1 is 0.375 bits per heavy atom. The number of carbonyl (C=O) groups is 3. The first-order valence-corrected chi connectivity index (χ1v) is 21.2. The van der Waals surface area contributed by atoms with E-state index >= 15 is 0 Å². The van der Waals surface area contributed by atoms with E-state index < -0.39 is 0 Å². The van der Waals surface area contributed by atoms with Crippen LogP contribution in [-0.4, -0.2) is 17.3 Å². The predicted octanol–water partition coefficient (Wildman–Crippen LogP) is 13.4. The average molecular weight is 673 g/mol. The summed E-state index contributed by atoms with van der Waals surface area (Å²) in [4.78, 5) is 36.5. The van der Waals surface area contributed by atoms with Crippen LogP contribution < -0.4 is 0 Å². The summed E-state index contributed by atoms with van der Waals surface area (Å²) in [7, 11) is 0. The fourth-order valence-corrected chi connectivity index (χ4v) is 7.88. The molecule has 282 valence electrons. The lowest BCUT2D eigenvalue weighted by Crippen LogP contribution is -2.31. The molecule has 0 amide bonds. The van der Waals surface area contributed by atoms with Gasteiger partial charge >= 0.3 is 0 Å². The molecule has 0 saturated heterocycles. The van der Waals surface area contributed by atoms with Crippen LogP contribution in [0.15, 0.2) is 0 Å². The molecule has 3 saturated carbocycles. The molecule has 0 radical (unpaired) electrons. The molecule has 0 bridgehead atoms. The van der Waals surface area contributed by atoms with Crippen LogP contribution in [0, 0.1) is 71.0 Å². The maximum Gasteiger partial charge on any atom is 0.138 e. The Morgan fingerprint density at radius 3 is 0.708 bits per heavy atom. The Labute approximate surface area is 300 Å². The molecule has 3 nitrogen and oxygen atoms in total. The molecule has 3 heteroatoms. The lowest BCUT2D eigenvalue weighted by atomic mass is 9.70. The van der Waals surface area contributed by atoms with Gasteiger partial charge in [0.2, 0.25) is 0 Å². The maximum absolute atomic E-state index is 12.2. The van der Waals surface area contributed by atoms with E-state index in [9.17, 15) is 14.4 Å². The quantitative estimate of drug-likeness (QED) is 0.122. The second-order valence-electron chi connectivity index (χ2n) is 18.5. The number of Topliss-reactive ketones (excluding diaryl/α,β-unsaturated/α-hetero) is 3. The van der Waals surface area contributed by atoms with Gasteiger partial charge in [-0.3, -0.25) is 14.4 Å². The van der Waals surface area contributed by atoms with Crippen LogP contribution >= 0.6 is 0 Å². The van der Waals surface area contributed by atoms with Gasteiger partial charge in [0.05, 0.1) is 0 Å². The number of rotatable bonds is 21. The van der Waals surface area contributed by atoms with Crippen LogP contribution in [0.5, 0.6) is 0 Å². The minimum atomic E-state index is 0.227. The van der Waals surface area contributed by atoms with Crippen LogP contribution in [0.2, 0.25) is 0 Å². The van der Waals surface area contributed by atoms with E-state index in [-0.39, 0.29) is 17.8 Å². The van der Waals surface area contributed by atoms with Gasteiger partial charge in [-0.05, 0) is 93.3 Å². The summed E-state index contributed by atoms with van der Waals surface area (Å²) >= 11 is 0. The Balaban J connectivity index is 0.000000360. The van der Waals surface area contributed by atoms with E-state index in [1.54, 1.807) is 0 Å². The second kappa shape index (κ2) is 24.2. The van der Waals surface area contributed by atoms with Crippen molar-refractivity contribution in [3.63, 3.8) is 0 Å². The Hall–Kier alpha value is -0.990. The van der Waals surface area contributed by atoms with Crippen molar-refractivity contribution in [2.24, 2.45) is 71.0 Å². The van der Waals surface area contributed by atoms with Crippen molar-refractivity contribution < 1.29 is 14.4 Å². The van der Waals surface area contributed by atoms with Gasteiger partial charge < -0.3 is 0 Å². The average Bonchev–Trinajstić information content (AvgIpc) is 2.91. The van der Waals surface area contributed by atoms with Gasteiger partial charge in [0.25, 0.3) is 0 Å². The second-order valence-corrected chi connectivity index (χ2v) is 18.5. The maximum atomic E-state index is 12.2. The fourth-order valence-electron chi connectivity index (χ4n) is 7.88. The van der Waals surface area contributed by atoms with Gasteiger partial charge in [0, 0.05) is 35.5 Å². The minimum absolute atomic E-state index is 0.227. The van der Waals surface area contributed by atoms with E-state index in [1.165, 1.54) is 96.3 Å². The fraction of sp³-hybridized carbons (Fsp3) is 0.933. The zero-order valence-electron chi connectivity index (χ0n) is 34.4. The van der Waals surface area contributed by atoms with E-state index in [1.807, 2.05) is 0 Å². The zero-order valence-corrected chi connectivity index (χ0v) is 34.4. The third-order valence-corrected chi connectivity index (χ3v) is 11.8. The van der Waals surface area contributed by atoms with Crippen molar-refractivity contribution in [1.82, 2.24) is 0 Å². The lowest BCUT2D eigenvalue weighted by molar-refractivity contribution is -0.129. The standard InChI is InChI=1S/3C15H28O/c3*1-11(2)7-5-10-14(13-8-6-9-13)15(16)12(3)4/h3*11-14H,5-10H2,1-4H3/t2*14-;/m10./s1. The number of carbonyl (C=O) groups excluding carboxylic acids is 3. The van der Waals surface area contributed by atoms with Gasteiger partial charge in [-0.25, -0.2) is 0 Å². The lowest BCUT2D eigenvalue weighted by Gasteiger charge is -2.34. The monoisotopic (exact) mass is 673 g/mol. The summed E-state index contributed by atoms with van der Waals surface area (Å²) in [6, 6.07) is 0. The highest BCUT2D eigenvalue weighted by Gasteiger charge is 2.35. The molecule has 48 heavy (non-hydrogen) atoms. The van der Waals surface area contributed by atoms with E-state index in [2.05, 4.69) is 83.1 Å². The van der Waals surface area contributed by atoms with Crippen LogP contribution in [-0.2, 0) is 14.4 Å². The summed E-state index contributed by atoms with van der Waals surface area (Å²) in [5, 5.41) is 0. The van der Waals surface area contributed by atoms with E-state index in [0.717, 1.165) is 54.8 Å². The molecule has 0 spiro atoms. The molecule has 0 aromatic heterocycles. The molecular weight excluding hydrogens is 588 g/mol. The predicted molar refractivity (Wildman–Crippen MR) is 208 cm³/mol. The van der Waals surface area contributed by atoms with Gasteiger partial charge in [0.1, 0.15) is 17.3 Å². The molecule has 0 heterocycles. The van der Waals surface area contributed by atoms with Gasteiger partial charge in [0.15, 0.2) is 0 Å². The summed E-state index contributed by atoms with van der Waals surface area (Å²) in [5.74, 6) is 7.89. The molecular formula is C45H84O3.